The molecule has 0 saturated carbocycles. The highest BCUT2D eigenvalue weighted by Gasteiger charge is 2.50. The Morgan fingerprint density at radius 1 is 0.868 bits per heavy atom. The second-order valence-corrected chi connectivity index (χ2v) is 15.2. The van der Waals surface area contributed by atoms with Crippen molar-refractivity contribution < 1.29 is 28.1 Å². The van der Waals surface area contributed by atoms with Crippen LogP contribution in [0.5, 0.6) is 0 Å². The minimum atomic E-state index is -2.63. The van der Waals surface area contributed by atoms with Gasteiger partial charge < -0.3 is 28.1 Å². The first kappa shape index (κ1) is 30.7. The van der Waals surface area contributed by atoms with E-state index in [1.165, 1.54) is 10.4 Å². The van der Waals surface area contributed by atoms with Gasteiger partial charge in [0.05, 0.1) is 12.2 Å². The number of ether oxygens (including phenoxy) is 5. The maximum Gasteiger partial charge on any atom is 0.261 e. The highest BCUT2D eigenvalue weighted by molar-refractivity contribution is 6.99. The highest BCUT2D eigenvalue weighted by Crippen LogP contribution is 2.37. The van der Waals surface area contributed by atoms with E-state index in [0.717, 1.165) is 0 Å². The molecule has 0 N–H and O–H groups in total. The van der Waals surface area contributed by atoms with Crippen LogP contribution in [0.2, 0.25) is 5.04 Å². The van der Waals surface area contributed by atoms with Gasteiger partial charge in [0.25, 0.3) is 8.32 Å². The first-order valence-corrected chi connectivity index (χ1v) is 15.4. The summed E-state index contributed by atoms with van der Waals surface area (Å²) < 4.78 is 37.0. The Labute approximate surface area is 230 Å². The van der Waals surface area contributed by atoms with Crippen LogP contribution < -0.4 is 10.4 Å². The fourth-order valence-electron chi connectivity index (χ4n) is 5.65. The molecule has 6 nitrogen and oxygen atoms in total. The number of hydrogen-bond donors (Lipinski definition) is 0. The predicted molar refractivity (Wildman–Crippen MR) is 155 cm³/mol. The molecule has 5 unspecified atom stereocenters. The Morgan fingerprint density at radius 2 is 1.39 bits per heavy atom. The summed E-state index contributed by atoms with van der Waals surface area (Å²) in [7, 11) is 2.34. The van der Waals surface area contributed by atoms with Crippen LogP contribution >= 0.6 is 0 Å². The zero-order chi connectivity index (χ0) is 27.8. The summed E-state index contributed by atoms with van der Waals surface area (Å²) in [4.78, 5) is 0. The molecule has 0 radical (unpaired) electrons. The van der Waals surface area contributed by atoms with Gasteiger partial charge in [-0.05, 0) is 35.2 Å². The lowest BCUT2D eigenvalue weighted by atomic mass is 9.99. The molecule has 2 aromatic carbocycles. The van der Waals surface area contributed by atoms with E-state index in [4.69, 9.17) is 28.1 Å². The first-order valence-electron chi connectivity index (χ1n) is 13.5. The van der Waals surface area contributed by atoms with Gasteiger partial charge in [0.2, 0.25) is 0 Å². The molecule has 3 rings (SSSR count). The Balaban J connectivity index is 1.83. The minimum Gasteiger partial charge on any atom is -0.407 e. The van der Waals surface area contributed by atoms with E-state index < -0.39 is 20.7 Å². The lowest BCUT2D eigenvalue weighted by molar-refractivity contribution is -0.315. The number of rotatable bonds is 13. The molecule has 0 spiro atoms. The summed E-state index contributed by atoms with van der Waals surface area (Å²) in [5.41, 5.74) is 0. The van der Waals surface area contributed by atoms with Crippen molar-refractivity contribution in [3.63, 3.8) is 0 Å². The van der Waals surface area contributed by atoms with Crippen molar-refractivity contribution in [2.75, 3.05) is 27.9 Å². The van der Waals surface area contributed by atoms with Gasteiger partial charge in [0.15, 0.2) is 6.29 Å². The standard InChI is InChI=1S/C31H46O6Si/c1-9-16-24(37-30-29(34-8)28(33-7)27(32-6)23(2)36-30)21-22-35-38(31(3,4)5,25-17-12-10-13-18-25)26-19-14-11-15-20-26/h9-15,17-20,23-24,27-30H,1,16,21-22H2,2-8H3/t23?,24-,27?,28?,29?,30?/m0/s1. The number of methoxy groups -OCH3 is 3. The van der Waals surface area contributed by atoms with Gasteiger partial charge in [0.1, 0.15) is 18.3 Å². The molecule has 0 aliphatic carbocycles. The molecule has 0 bridgehead atoms. The highest BCUT2D eigenvalue weighted by atomic mass is 28.4. The van der Waals surface area contributed by atoms with Crippen molar-refractivity contribution in [2.24, 2.45) is 0 Å². The van der Waals surface area contributed by atoms with E-state index in [-0.39, 0.29) is 29.5 Å². The van der Waals surface area contributed by atoms with Crippen molar-refractivity contribution in [1.29, 1.82) is 0 Å². The van der Waals surface area contributed by atoms with Gasteiger partial charge in [-0.15, -0.1) is 6.58 Å². The van der Waals surface area contributed by atoms with Crippen molar-refractivity contribution in [3.8, 4) is 0 Å². The van der Waals surface area contributed by atoms with E-state index in [1.807, 2.05) is 13.0 Å². The Bertz CT molecular complexity index is 924. The quantitative estimate of drug-likeness (QED) is 0.270. The SMILES string of the molecule is C=CC[C@@H](CCO[Si](c1ccccc1)(c1ccccc1)C(C)(C)C)OC1OC(C)C(OC)C(OC)C1OC. The molecule has 7 heteroatoms. The molecule has 0 amide bonds. The Kier molecular flexibility index (Phi) is 11.3. The molecule has 1 aliphatic rings. The second kappa shape index (κ2) is 14.0. The van der Waals surface area contributed by atoms with Crippen molar-refractivity contribution in [3.05, 3.63) is 73.3 Å². The van der Waals surface area contributed by atoms with Crippen molar-refractivity contribution >= 4 is 18.7 Å². The predicted octanol–water partition coefficient (Wildman–Crippen LogP) is 4.70. The molecule has 0 aromatic heterocycles. The molecule has 1 saturated heterocycles. The van der Waals surface area contributed by atoms with Crippen LogP contribution in [-0.2, 0) is 28.1 Å². The Morgan fingerprint density at radius 3 is 1.84 bits per heavy atom. The van der Waals surface area contributed by atoms with Crippen LogP contribution in [-0.4, -0.2) is 73.1 Å². The van der Waals surface area contributed by atoms with Gasteiger partial charge in [0, 0.05) is 27.9 Å². The largest absolute Gasteiger partial charge is 0.407 e. The maximum absolute atomic E-state index is 7.09. The van der Waals surface area contributed by atoms with Crippen LogP contribution in [0.3, 0.4) is 0 Å². The van der Waals surface area contributed by atoms with Crippen molar-refractivity contribution in [2.45, 2.75) is 82.4 Å². The average molecular weight is 543 g/mol. The van der Waals surface area contributed by atoms with Crippen LogP contribution in [0.15, 0.2) is 73.3 Å². The van der Waals surface area contributed by atoms with E-state index >= 15 is 0 Å². The molecule has 2 aromatic rings. The fourth-order valence-corrected chi connectivity index (χ4v) is 10.2. The molecule has 1 fully saturated rings. The molecule has 6 atom stereocenters. The maximum atomic E-state index is 7.09. The number of hydrogen-bond acceptors (Lipinski definition) is 6. The van der Waals surface area contributed by atoms with Gasteiger partial charge in [-0.3, -0.25) is 0 Å². The van der Waals surface area contributed by atoms with E-state index in [1.54, 1.807) is 21.3 Å². The van der Waals surface area contributed by atoms with E-state index in [2.05, 4.69) is 88.0 Å². The smallest absolute Gasteiger partial charge is 0.261 e. The van der Waals surface area contributed by atoms with Crippen molar-refractivity contribution in [1.82, 2.24) is 0 Å². The third-order valence-corrected chi connectivity index (χ3v) is 12.5. The summed E-state index contributed by atoms with van der Waals surface area (Å²) >= 11 is 0. The summed E-state index contributed by atoms with van der Waals surface area (Å²) in [5, 5.41) is 2.43. The lowest BCUT2D eigenvalue weighted by Crippen LogP contribution is -2.66. The second-order valence-electron chi connectivity index (χ2n) is 10.9. The van der Waals surface area contributed by atoms with Crippen LogP contribution in [0.1, 0.15) is 40.5 Å². The average Bonchev–Trinajstić information content (AvgIpc) is 2.91. The zero-order valence-electron chi connectivity index (χ0n) is 24.1. The lowest BCUT2D eigenvalue weighted by Gasteiger charge is -2.45. The van der Waals surface area contributed by atoms with Crippen LogP contribution in [0.4, 0.5) is 0 Å². The summed E-state index contributed by atoms with van der Waals surface area (Å²) in [6.07, 6.45) is 1.30. The van der Waals surface area contributed by atoms with Gasteiger partial charge >= 0.3 is 0 Å². The molecule has 210 valence electrons. The summed E-state index contributed by atoms with van der Waals surface area (Å²) in [6.45, 7) is 13.3. The van der Waals surface area contributed by atoms with Gasteiger partial charge in [-0.25, -0.2) is 0 Å². The monoisotopic (exact) mass is 542 g/mol. The Hall–Kier alpha value is -1.84. The third-order valence-electron chi connectivity index (χ3n) is 7.48. The molecule has 1 aliphatic heterocycles. The number of benzene rings is 2. The normalized spacial score (nSPS) is 25.2. The van der Waals surface area contributed by atoms with Crippen LogP contribution in [0, 0.1) is 0 Å². The molecule has 38 heavy (non-hydrogen) atoms. The van der Waals surface area contributed by atoms with E-state index in [0.29, 0.717) is 19.4 Å². The molecule has 1 heterocycles. The molecular weight excluding hydrogens is 496 g/mol. The third kappa shape index (κ3) is 6.65. The topological polar surface area (TPSA) is 55.4 Å². The summed E-state index contributed by atoms with van der Waals surface area (Å²) in [5.74, 6) is 0. The van der Waals surface area contributed by atoms with Crippen LogP contribution in [0.25, 0.3) is 0 Å². The fraction of sp³-hybridized carbons (Fsp3) is 0.548. The minimum absolute atomic E-state index is 0.0889. The van der Waals surface area contributed by atoms with E-state index in [9.17, 15) is 0 Å². The van der Waals surface area contributed by atoms with Gasteiger partial charge in [-0.1, -0.05) is 87.5 Å². The molecular formula is C31H46O6Si. The summed E-state index contributed by atoms with van der Waals surface area (Å²) in [6, 6.07) is 21.4. The van der Waals surface area contributed by atoms with Gasteiger partial charge in [-0.2, -0.15) is 0 Å². The first-order chi connectivity index (χ1) is 18.2. The zero-order valence-corrected chi connectivity index (χ0v) is 25.1.